The van der Waals surface area contributed by atoms with Gasteiger partial charge in [-0.1, -0.05) is 12.1 Å². The number of halogens is 1. The van der Waals surface area contributed by atoms with Crippen LogP contribution in [0.4, 0.5) is 4.39 Å². The maximum Gasteiger partial charge on any atom is 0.141 e. The minimum Gasteiger partial charge on any atom is -0.206 e. The van der Waals surface area contributed by atoms with Gasteiger partial charge in [-0.2, -0.15) is 5.26 Å². The second kappa shape index (κ2) is 3.84. The molecule has 1 heterocycles. The Bertz CT molecular complexity index is 537. The Balaban J connectivity index is 2.70. The van der Waals surface area contributed by atoms with Crippen LogP contribution in [0, 0.1) is 24.1 Å². The summed E-state index contributed by atoms with van der Waals surface area (Å²) in [6.07, 6.45) is 0. The molecule has 0 aliphatic carbocycles. The maximum atomic E-state index is 13.4. The van der Waals surface area contributed by atoms with Gasteiger partial charge in [-0.3, -0.25) is 0 Å². The Morgan fingerprint density at radius 1 is 1.27 bits per heavy atom. The summed E-state index contributed by atoms with van der Waals surface area (Å²) in [6, 6.07) is 8.53. The van der Waals surface area contributed by atoms with Crippen LogP contribution < -0.4 is 0 Å². The number of hydrogen-bond acceptors (Lipinski definition) is 2. The molecule has 74 valence electrons. The van der Waals surface area contributed by atoms with Gasteiger partial charge < -0.3 is 0 Å². The lowest BCUT2D eigenvalue weighted by molar-refractivity contribution is 0.624. The highest BCUT2D eigenvalue weighted by Crippen LogP contribution is 2.30. The van der Waals surface area contributed by atoms with Crippen LogP contribution >= 0.6 is 11.3 Å². The molecule has 0 unspecified atom stereocenters. The van der Waals surface area contributed by atoms with E-state index >= 15 is 0 Å². The first-order valence-corrected chi connectivity index (χ1v) is 5.35. The number of rotatable bonds is 1. The van der Waals surface area contributed by atoms with E-state index in [4.69, 9.17) is 5.26 Å². The summed E-state index contributed by atoms with van der Waals surface area (Å²) in [7, 11) is 0. The largest absolute Gasteiger partial charge is 0.206 e. The van der Waals surface area contributed by atoms with Crippen molar-refractivity contribution >= 4 is 11.3 Å². The van der Waals surface area contributed by atoms with E-state index in [9.17, 15) is 4.39 Å². The van der Waals surface area contributed by atoms with Crippen molar-refractivity contribution in [2.45, 2.75) is 6.92 Å². The molecule has 3 heteroatoms. The smallest absolute Gasteiger partial charge is 0.141 e. The van der Waals surface area contributed by atoms with Crippen molar-refractivity contribution in [3.05, 3.63) is 45.9 Å². The van der Waals surface area contributed by atoms with Crippen molar-refractivity contribution in [2.24, 2.45) is 0 Å². The predicted octanol–water partition coefficient (Wildman–Crippen LogP) is 3.73. The monoisotopic (exact) mass is 217 g/mol. The van der Waals surface area contributed by atoms with Gasteiger partial charge in [0, 0.05) is 10.4 Å². The Kier molecular flexibility index (Phi) is 2.53. The van der Waals surface area contributed by atoms with Gasteiger partial charge in [-0.05, 0) is 30.0 Å². The molecule has 0 atom stereocenters. The highest BCUT2D eigenvalue weighted by atomic mass is 32.1. The van der Waals surface area contributed by atoms with Crippen molar-refractivity contribution < 1.29 is 4.39 Å². The Morgan fingerprint density at radius 2 is 2.07 bits per heavy atom. The minimum atomic E-state index is -0.458. The molecule has 0 radical (unpaired) electrons. The van der Waals surface area contributed by atoms with Gasteiger partial charge in [0.1, 0.15) is 11.9 Å². The molecular formula is C12H8FNS. The molecule has 0 saturated heterocycles. The third kappa shape index (κ3) is 1.64. The molecule has 0 N–H and O–H groups in total. The van der Waals surface area contributed by atoms with E-state index in [1.165, 1.54) is 6.07 Å². The Labute approximate surface area is 91.4 Å². The number of nitrogens with zero attached hydrogens (tertiary/aromatic N) is 1. The van der Waals surface area contributed by atoms with Gasteiger partial charge in [0.15, 0.2) is 0 Å². The molecule has 2 aromatic rings. The fraction of sp³-hybridized carbons (Fsp3) is 0.0833. The average Bonchev–Trinajstić information content (AvgIpc) is 2.64. The summed E-state index contributed by atoms with van der Waals surface area (Å²) in [6.45, 7) is 1.96. The van der Waals surface area contributed by atoms with Gasteiger partial charge in [0.2, 0.25) is 0 Å². The van der Waals surface area contributed by atoms with Crippen LogP contribution in [0.2, 0.25) is 0 Å². The maximum absolute atomic E-state index is 13.4. The summed E-state index contributed by atoms with van der Waals surface area (Å²) in [5.41, 5.74) is 1.74. The predicted molar refractivity (Wildman–Crippen MR) is 59.2 cm³/mol. The first-order valence-electron chi connectivity index (χ1n) is 4.47. The fourth-order valence-corrected chi connectivity index (χ4v) is 2.24. The molecule has 1 nitrogen and oxygen atoms in total. The third-order valence-corrected chi connectivity index (χ3v) is 3.12. The molecule has 0 saturated carbocycles. The summed E-state index contributed by atoms with van der Waals surface area (Å²) >= 11 is 1.59. The lowest BCUT2D eigenvalue weighted by Gasteiger charge is -2.03. The van der Waals surface area contributed by atoms with Crippen LogP contribution in [0.15, 0.2) is 29.6 Å². The van der Waals surface area contributed by atoms with E-state index in [0.29, 0.717) is 5.56 Å². The standard InChI is InChI=1S/C12H8FNS/c1-8-9(5-6-15-8)10-3-2-4-12(13)11(10)7-14/h2-6H,1H3. The van der Waals surface area contributed by atoms with Crippen LogP contribution in [-0.2, 0) is 0 Å². The van der Waals surface area contributed by atoms with Crippen LogP contribution in [0.3, 0.4) is 0 Å². The normalized spacial score (nSPS) is 9.93. The van der Waals surface area contributed by atoms with Crippen molar-refractivity contribution in [3.8, 4) is 17.2 Å². The van der Waals surface area contributed by atoms with Crippen LogP contribution in [0.5, 0.6) is 0 Å². The van der Waals surface area contributed by atoms with Gasteiger partial charge in [-0.15, -0.1) is 11.3 Å². The van der Waals surface area contributed by atoms with Gasteiger partial charge in [0.25, 0.3) is 0 Å². The van der Waals surface area contributed by atoms with Gasteiger partial charge in [0.05, 0.1) is 5.56 Å². The van der Waals surface area contributed by atoms with Crippen molar-refractivity contribution in [1.29, 1.82) is 5.26 Å². The van der Waals surface area contributed by atoms with E-state index in [1.807, 2.05) is 24.4 Å². The molecule has 0 fully saturated rings. The molecule has 0 bridgehead atoms. The molecular weight excluding hydrogens is 209 g/mol. The van der Waals surface area contributed by atoms with Gasteiger partial charge >= 0.3 is 0 Å². The molecule has 15 heavy (non-hydrogen) atoms. The van der Waals surface area contributed by atoms with E-state index in [2.05, 4.69) is 0 Å². The number of thiophene rings is 1. The quantitative estimate of drug-likeness (QED) is 0.714. The number of benzene rings is 1. The lowest BCUT2D eigenvalue weighted by atomic mass is 10.0. The summed E-state index contributed by atoms with van der Waals surface area (Å²) in [4.78, 5) is 1.09. The van der Waals surface area contributed by atoms with Crippen molar-refractivity contribution in [2.75, 3.05) is 0 Å². The van der Waals surface area contributed by atoms with E-state index in [1.54, 1.807) is 23.5 Å². The second-order valence-electron chi connectivity index (χ2n) is 3.16. The fourth-order valence-electron chi connectivity index (χ4n) is 1.53. The highest BCUT2D eigenvalue weighted by molar-refractivity contribution is 7.10. The number of nitriles is 1. The third-order valence-electron chi connectivity index (χ3n) is 2.27. The first-order chi connectivity index (χ1) is 7.24. The molecule has 1 aromatic carbocycles. The molecule has 0 aliphatic heterocycles. The van der Waals surface area contributed by atoms with E-state index in [0.717, 1.165) is 10.4 Å². The van der Waals surface area contributed by atoms with Crippen LogP contribution in [-0.4, -0.2) is 0 Å². The Hall–Kier alpha value is -1.66. The Morgan fingerprint density at radius 3 is 2.67 bits per heavy atom. The van der Waals surface area contributed by atoms with E-state index in [-0.39, 0.29) is 5.56 Å². The molecule has 2 rings (SSSR count). The number of aryl methyl sites for hydroxylation is 1. The van der Waals surface area contributed by atoms with E-state index < -0.39 is 5.82 Å². The molecule has 1 aromatic heterocycles. The zero-order chi connectivity index (χ0) is 10.8. The highest BCUT2D eigenvalue weighted by Gasteiger charge is 2.11. The van der Waals surface area contributed by atoms with Gasteiger partial charge in [-0.25, -0.2) is 4.39 Å². The summed E-state index contributed by atoms with van der Waals surface area (Å²) in [5.74, 6) is -0.458. The van der Waals surface area contributed by atoms with Crippen LogP contribution in [0.25, 0.3) is 11.1 Å². The lowest BCUT2D eigenvalue weighted by Crippen LogP contribution is -1.88. The van der Waals surface area contributed by atoms with Crippen molar-refractivity contribution in [3.63, 3.8) is 0 Å². The topological polar surface area (TPSA) is 23.8 Å². The zero-order valence-electron chi connectivity index (χ0n) is 8.12. The number of hydrogen-bond donors (Lipinski definition) is 0. The SMILES string of the molecule is Cc1sccc1-c1cccc(F)c1C#N. The molecule has 0 spiro atoms. The average molecular weight is 217 g/mol. The van der Waals surface area contributed by atoms with Crippen LogP contribution in [0.1, 0.15) is 10.4 Å². The van der Waals surface area contributed by atoms with Crippen molar-refractivity contribution in [1.82, 2.24) is 0 Å². The second-order valence-corrected chi connectivity index (χ2v) is 4.28. The summed E-state index contributed by atoms with van der Waals surface area (Å²) in [5, 5.41) is 10.8. The molecule has 0 aliphatic rings. The minimum absolute atomic E-state index is 0.124. The summed E-state index contributed by atoms with van der Waals surface area (Å²) < 4.78 is 13.4. The molecule has 0 amide bonds. The zero-order valence-corrected chi connectivity index (χ0v) is 8.94. The first kappa shape index (κ1) is 9.88.